The summed E-state index contributed by atoms with van der Waals surface area (Å²) in [6.07, 6.45) is 1.40. The van der Waals surface area contributed by atoms with Gasteiger partial charge in [0.25, 0.3) is 0 Å². The van der Waals surface area contributed by atoms with Crippen molar-refractivity contribution in [1.29, 1.82) is 0 Å². The van der Waals surface area contributed by atoms with E-state index in [1.54, 1.807) is 11.8 Å². The van der Waals surface area contributed by atoms with Crippen LogP contribution in [-0.4, -0.2) is 40.3 Å². The van der Waals surface area contributed by atoms with Crippen molar-refractivity contribution in [2.75, 3.05) is 12.0 Å². The monoisotopic (exact) mass is 193 g/mol. The van der Waals surface area contributed by atoms with Gasteiger partial charge in [-0.25, -0.2) is 0 Å². The van der Waals surface area contributed by atoms with Crippen molar-refractivity contribution in [3.63, 3.8) is 0 Å². The Morgan fingerprint density at radius 3 is 2.67 bits per heavy atom. The smallest absolute Gasteiger partial charge is 0.306 e. The quantitative estimate of drug-likeness (QED) is 0.548. The average Bonchev–Trinajstić information content (AvgIpc) is 1.98. The summed E-state index contributed by atoms with van der Waals surface area (Å²) in [5.41, 5.74) is 5.52. The summed E-state index contributed by atoms with van der Waals surface area (Å²) in [6.45, 7) is 0. The summed E-state index contributed by atoms with van der Waals surface area (Å²) in [4.78, 5) is 10.2. The molecule has 72 valence electrons. The van der Waals surface area contributed by atoms with E-state index < -0.39 is 18.1 Å². The summed E-state index contributed by atoms with van der Waals surface area (Å²) in [5, 5.41) is 17.5. The first-order chi connectivity index (χ1) is 5.57. The fourth-order valence-electron chi connectivity index (χ4n) is 0.777. The number of carbonyl (C=O) groups is 1. The number of hydrogen-bond acceptors (Lipinski definition) is 4. The topological polar surface area (TPSA) is 83.5 Å². The van der Waals surface area contributed by atoms with Crippen LogP contribution in [0.15, 0.2) is 0 Å². The van der Waals surface area contributed by atoms with Gasteiger partial charge in [0.15, 0.2) is 0 Å². The Kier molecular flexibility index (Phi) is 6.14. The maximum atomic E-state index is 10.2. The van der Waals surface area contributed by atoms with Gasteiger partial charge in [-0.1, -0.05) is 0 Å². The van der Waals surface area contributed by atoms with Gasteiger partial charge < -0.3 is 15.9 Å². The van der Waals surface area contributed by atoms with E-state index in [1.807, 2.05) is 6.26 Å². The van der Waals surface area contributed by atoms with Crippen molar-refractivity contribution in [3.8, 4) is 0 Å². The molecule has 0 spiro atoms. The molecule has 0 saturated carbocycles. The van der Waals surface area contributed by atoms with Gasteiger partial charge in [-0.3, -0.25) is 4.79 Å². The molecule has 0 fully saturated rings. The second-order valence-electron chi connectivity index (χ2n) is 2.61. The molecule has 0 aliphatic heterocycles. The molecule has 0 rings (SSSR count). The molecular formula is C7H15NO3S. The van der Waals surface area contributed by atoms with Gasteiger partial charge in [-0.2, -0.15) is 11.8 Å². The third kappa shape index (κ3) is 5.40. The molecule has 4 nitrogen and oxygen atoms in total. The Labute approximate surface area is 76.1 Å². The van der Waals surface area contributed by atoms with Gasteiger partial charge in [0, 0.05) is 6.04 Å². The zero-order chi connectivity index (χ0) is 9.56. The largest absolute Gasteiger partial charge is 0.481 e. The molecule has 0 aliphatic carbocycles. The van der Waals surface area contributed by atoms with E-state index in [2.05, 4.69) is 0 Å². The van der Waals surface area contributed by atoms with Crippen LogP contribution in [-0.2, 0) is 4.79 Å². The predicted molar refractivity (Wildman–Crippen MR) is 49.2 cm³/mol. The Bertz CT molecular complexity index is 143. The lowest BCUT2D eigenvalue weighted by Gasteiger charge is -2.15. The van der Waals surface area contributed by atoms with Crippen LogP contribution in [0.5, 0.6) is 0 Å². The number of thioether (sulfide) groups is 1. The lowest BCUT2D eigenvalue weighted by molar-refractivity contribution is -0.139. The first-order valence-electron chi connectivity index (χ1n) is 3.72. The molecule has 0 amide bonds. The molecule has 0 aromatic heterocycles. The first-order valence-corrected chi connectivity index (χ1v) is 5.11. The standard InChI is InChI=1S/C7H15NO3S/c1-12-3-2-5(8)6(9)4-7(10)11/h5-6,9H,2-4,8H2,1H3,(H,10,11). The van der Waals surface area contributed by atoms with Crippen LogP contribution in [0.2, 0.25) is 0 Å². The molecule has 0 radical (unpaired) electrons. The molecule has 4 N–H and O–H groups in total. The summed E-state index contributed by atoms with van der Waals surface area (Å²) >= 11 is 1.63. The third-order valence-electron chi connectivity index (χ3n) is 1.53. The van der Waals surface area contributed by atoms with Crippen molar-refractivity contribution < 1.29 is 15.0 Å². The maximum absolute atomic E-state index is 10.2. The molecule has 0 aliphatic rings. The Morgan fingerprint density at radius 1 is 1.67 bits per heavy atom. The van der Waals surface area contributed by atoms with Gasteiger partial charge in [-0.05, 0) is 18.4 Å². The number of nitrogens with two attached hydrogens (primary N) is 1. The second-order valence-corrected chi connectivity index (χ2v) is 3.60. The SMILES string of the molecule is CSCCC(N)C(O)CC(=O)O. The van der Waals surface area contributed by atoms with E-state index in [9.17, 15) is 9.90 Å². The van der Waals surface area contributed by atoms with E-state index in [-0.39, 0.29) is 6.42 Å². The van der Waals surface area contributed by atoms with E-state index >= 15 is 0 Å². The third-order valence-corrected chi connectivity index (χ3v) is 2.18. The Balaban J connectivity index is 3.60. The first kappa shape index (κ1) is 11.7. The van der Waals surface area contributed by atoms with Crippen LogP contribution < -0.4 is 5.73 Å². The number of aliphatic hydroxyl groups excluding tert-OH is 1. The van der Waals surface area contributed by atoms with Crippen LogP contribution in [0.4, 0.5) is 0 Å². The highest BCUT2D eigenvalue weighted by Gasteiger charge is 2.17. The molecular weight excluding hydrogens is 178 g/mol. The van der Waals surface area contributed by atoms with Gasteiger partial charge in [0.1, 0.15) is 0 Å². The van der Waals surface area contributed by atoms with Crippen molar-refractivity contribution in [2.45, 2.75) is 25.0 Å². The van der Waals surface area contributed by atoms with Crippen LogP contribution in [0.25, 0.3) is 0 Å². The molecule has 0 aromatic rings. The minimum absolute atomic E-state index is 0.268. The molecule has 0 bridgehead atoms. The van der Waals surface area contributed by atoms with Gasteiger partial charge >= 0.3 is 5.97 Å². The van der Waals surface area contributed by atoms with Crippen LogP contribution in [0.1, 0.15) is 12.8 Å². The van der Waals surface area contributed by atoms with Crippen molar-refractivity contribution in [3.05, 3.63) is 0 Å². The average molecular weight is 193 g/mol. The number of carboxylic acids is 1. The molecule has 5 heteroatoms. The summed E-state index contributed by atoms with van der Waals surface area (Å²) < 4.78 is 0. The van der Waals surface area contributed by atoms with E-state index in [4.69, 9.17) is 10.8 Å². The molecule has 0 heterocycles. The maximum Gasteiger partial charge on any atom is 0.306 e. The summed E-state index contributed by atoms with van der Waals surface area (Å²) in [6, 6.07) is -0.423. The minimum atomic E-state index is -1.01. The predicted octanol–water partition coefficient (Wildman–Crippen LogP) is -0.0976. The zero-order valence-corrected chi connectivity index (χ0v) is 7.88. The van der Waals surface area contributed by atoms with Gasteiger partial charge in [-0.15, -0.1) is 0 Å². The number of carboxylic acid groups (broad SMARTS) is 1. The Morgan fingerprint density at radius 2 is 2.25 bits per heavy atom. The lowest BCUT2D eigenvalue weighted by Crippen LogP contribution is -2.36. The van der Waals surface area contributed by atoms with Crippen molar-refractivity contribution >= 4 is 17.7 Å². The number of aliphatic hydroxyl groups is 1. The van der Waals surface area contributed by atoms with E-state index in [0.29, 0.717) is 6.42 Å². The number of hydrogen-bond donors (Lipinski definition) is 3. The highest BCUT2D eigenvalue weighted by atomic mass is 32.2. The number of aliphatic carboxylic acids is 1. The normalized spacial score (nSPS) is 15.6. The highest BCUT2D eigenvalue weighted by molar-refractivity contribution is 7.98. The van der Waals surface area contributed by atoms with E-state index in [1.165, 1.54) is 0 Å². The number of rotatable bonds is 6. The fraction of sp³-hybridized carbons (Fsp3) is 0.857. The molecule has 2 unspecified atom stereocenters. The molecule has 0 saturated heterocycles. The Hall–Kier alpha value is -0.260. The molecule has 2 atom stereocenters. The van der Waals surface area contributed by atoms with Crippen molar-refractivity contribution in [1.82, 2.24) is 0 Å². The summed E-state index contributed by atoms with van der Waals surface area (Å²) in [5.74, 6) is -0.167. The van der Waals surface area contributed by atoms with Crippen LogP contribution in [0, 0.1) is 0 Å². The molecule has 12 heavy (non-hydrogen) atoms. The van der Waals surface area contributed by atoms with E-state index in [0.717, 1.165) is 5.75 Å². The minimum Gasteiger partial charge on any atom is -0.481 e. The van der Waals surface area contributed by atoms with Gasteiger partial charge in [0.2, 0.25) is 0 Å². The van der Waals surface area contributed by atoms with Crippen molar-refractivity contribution in [2.24, 2.45) is 5.73 Å². The van der Waals surface area contributed by atoms with Crippen LogP contribution in [0.3, 0.4) is 0 Å². The van der Waals surface area contributed by atoms with Crippen LogP contribution >= 0.6 is 11.8 Å². The van der Waals surface area contributed by atoms with Gasteiger partial charge in [0.05, 0.1) is 12.5 Å². The summed E-state index contributed by atoms with van der Waals surface area (Å²) in [7, 11) is 0. The highest BCUT2D eigenvalue weighted by Crippen LogP contribution is 2.04. The zero-order valence-electron chi connectivity index (χ0n) is 7.06. The second kappa shape index (κ2) is 6.28. The fourth-order valence-corrected chi connectivity index (χ4v) is 1.28. The lowest BCUT2D eigenvalue weighted by atomic mass is 10.1. The molecule has 0 aromatic carbocycles.